The Kier molecular flexibility index (Phi) is 6.66. The quantitative estimate of drug-likeness (QED) is 0.472. The summed E-state index contributed by atoms with van der Waals surface area (Å²) < 4.78 is 13.7. The first-order valence-corrected chi connectivity index (χ1v) is 10.3. The molecule has 1 aliphatic rings. The molecule has 0 fully saturated rings. The zero-order chi connectivity index (χ0) is 24.4. The number of nitrogens with one attached hydrogen (secondary N) is 3. The molecule has 0 radical (unpaired) electrons. The van der Waals surface area contributed by atoms with Gasteiger partial charge < -0.3 is 26.3 Å². The number of nitrogens with zero attached hydrogens (tertiary/aromatic N) is 1. The van der Waals surface area contributed by atoms with Crippen molar-refractivity contribution < 1.29 is 23.6 Å². The van der Waals surface area contributed by atoms with Gasteiger partial charge in [-0.15, -0.1) is 0 Å². The summed E-state index contributed by atoms with van der Waals surface area (Å²) in [6.07, 6.45) is 1.68. The van der Waals surface area contributed by atoms with E-state index in [-0.39, 0.29) is 30.2 Å². The smallest absolute Gasteiger partial charge is 0.256 e. The van der Waals surface area contributed by atoms with Crippen molar-refractivity contribution in [3.63, 3.8) is 0 Å². The van der Waals surface area contributed by atoms with Crippen LogP contribution in [0.1, 0.15) is 45.7 Å². The van der Waals surface area contributed by atoms with E-state index in [1.165, 1.54) is 23.1 Å². The van der Waals surface area contributed by atoms with E-state index >= 15 is 0 Å². The number of aromatic nitrogens is 1. The molecule has 0 saturated heterocycles. The van der Waals surface area contributed by atoms with Gasteiger partial charge in [0.1, 0.15) is 11.9 Å². The minimum absolute atomic E-state index is 0.0500. The van der Waals surface area contributed by atoms with E-state index in [9.17, 15) is 23.6 Å². The highest BCUT2D eigenvalue weighted by Gasteiger charge is 2.27. The van der Waals surface area contributed by atoms with Gasteiger partial charge in [0, 0.05) is 43.2 Å². The number of anilines is 1. The van der Waals surface area contributed by atoms with Crippen LogP contribution in [-0.2, 0) is 14.4 Å². The standard InChI is InChI=1S/C23H26FN5O4/c1-11-18(10-15-14-9-13(24)5-6-16(14)27-22(15)32)26-12(2)20(11)23(33)28-17(21(25)31)7-8-19(30)29(3)4/h5-6,9-10,17,26H,7-8H2,1-4H3,(H2,25,31)(H,27,32)(H,28,33)/b15-10-. The van der Waals surface area contributed by atoms with Crippen LogP contribution in [0.25, 0.3) is 11.6 Å². The SMILES string of the molecule is Cc1[nH]c(/C=C2\C(=O)Nc3ccc(F)cc32)c(C)c1C(=O)NC(CCC(=O)N(C)C)C(N)=O. The van der Waals surface area contributed by atoms with Crippen molar-refractivity contribution in [1.29, 1.82) is 0 Å². The topological polar surface area (TPSA) is 137 Å². The van der Waals surface area contributed by atoms with Crippen molar-refractivity contribution in [1.82, 2.24) is 15.2 Å². The first kappa shape index (κ1) is 23.7. The molecule has 10 heteroatoms. The van der Waals surface area contributed by atoms with Crippen LogP contribution in [0, 0.1) is 19.7 Å². The molecule has 2 heterocycles. The molecule has 5 N–H and O–H groups in total. The van der Waals surface area contributed by atoms with Gasteiger partial charge in [-0.2, -0.15) is 0 Å². The summed E-state index contributed by atoms with van der Waals surface area (Å²) in [7, 11) is 3.19. The number of fused-ring (bicyclic) bond motifs is 1. The number of benzene rings is 1. The number of amides is 4. The second kappa shape index (κ2) is 9.27. The Morgan fingerprint density at radius 2 is 1.94 bits per heavy atom. The molecule has 1 aromatic heterocycles. The summed E-state index contributed by atoms with van der Waals surface area (Å²) >= 11 is 0. The number of rotatable bonds is 7. The Balaban J connectivity index is 1.86. The highest BCUT2D eigenvalue weighted by Crippen LogP contribution is 2.34. The summed E-state index contributed by atoms with van der Waals surface area (Å²) in [4.78, 5) is 53.5. The zero-order valence-electron chi connectivity index (χ0n) is 18.8. The van der Waals surface area contributed by atoms with Crippen molar-refractivity contribution in [3.8, 4) is 0 Å². The van der Waals surface area contributed by atoms with Gasteiger partial charge in [0.25, 0.3) is 11.8 Å². The largest absolute Gasteiger partial charge is 0.368 e. The average Bonchev–Trinajstić information content (AvgIpc) is 3.19. The molecule has 9 nitrogen and oxygen atoms in total. The normalized spacial score (nSPS) is 14.6. The predicted octanol–water partition coefficient (Wildman–Crippen LogP) is 1.72. The van der Waals surface area contributed by atoms with E-state index in [2.05, 4.69) is 15.6 Å². The zero-order valence-corrected chi connectivity index (χ0v) is 18.8. The number of halogens is 1. The van der Waals surface area contributed by atoms with Crippen molar-refractivity contribution in [2.24, 2.45) is 5.73 Å². The number of H-pyrrole nitrogens is 1. The molecule has 1 unspecified atom stereocenters. The van der Waals surface area contributed by atoms with Crippen molar-refractivity contribution in [2.45, 2.75) is 32.7 Å². The fraction of sp³-hybridized carbons (Fsp3) is 0.304. The molecule has 3 rings (SSSR count). The molecule has 1 atom stereocenters. The van der Waals surface area contributed by atoms with E-state index in [1.54, 1.807) is 34.0 Å². The molecule has 0 spiro atoms. The van der Waals surface area contributed by atoms with Gasteiger partial charge in [-0.25, -0.2) is 4.39 Å². The molecule has 0 saturated carbocycles. The lowest BCUT2D eigenvalue weighted by Crippen LogP contribution is -2.45. The number of aryl methyl sites for hydroxylation is 1. The molecule has 1 aliphatic heterocycles. The second-order valence-electron chi connectivity index (χ2n) is 8.12. The maximum Gasteiger partial charge on any atom is 0.256 e. The molecule has 33 heavy (non-hydrogen) atoms. The van der Waals surface area contributed by atoms with Crippen molar-refractivity contribution in [3.05, 3.63) is 52.1 Å². The Bertz CT molecular complexity index is 1180. The van der Waals surface area contributed by atoms with Crippen LogP contribution < -0.4 is 16.4 Å². The van der Waals surface area contributed by atoms with Gasteiger partial charge in [0.15, 0.2) is 0 Å². The summed E-state index contributed by atoms with van der Waals surface area (Å²) in [5.74, 6) is -2.32. The number of nitrogens with two attached hydrogens (primary N) is 1. The van der Waals surface area contributed by atoms with E-state index in [4.69, 9.17) is 5.73 Å². The fourth-order valence-corrected chi connectivity index (χ4v) is 3.71. The van der Waals surface area contributed by atoms with Gasteiger partial charge in [-0.3, -0.25) is 19.2 Å². The van der Waals surface area contributed by atoms with Gasteiger partial charge in [-0.05, 0) is 50.1 Å². The third kappa shape index (κ3) is 4.94. The van der Waals surface area contributed by atoms with Gasteiger partial charge in [-0.1, -0.05) is 0 Å². The van der Waals surface area contributed by atoms with Crippen LogP contribution in [0.4, 0.5) is 10.1 Å². The third-order valence-corrected chi connectivity index (χ3v) is 5.55. The first-order chi connectivity index (χ1) is 15.5. The van der Waals surface area contributed by atoms with Gasteiger partial charge in [0.2, 0.25) is 11.8 Å². The molecule has 4 amide bonds. The number of carbonyl (C=O) groups excluding carboxylic acids is 4. The molecule has 2 aromatic rings. The van der Waals surface area contributed by atoms with Crippen LogP contribution in [-0.4, -0.2) is 53.6 Å². The number of carbonyl (C=O) groups is 4. The van der Waals surface area contributed by atoms with Crippen molar-refractivity contribution >= 4 is 41.0 Å². The lowest BCUT2D eigenvalue weighted by molar-refractivity contribution is -0.129. The number of aromatic amines is 1. The van der Waals surface area contributed by atoms with Gasteiger partial charge in [0.05, 0.1) is 11.1 Å². The highest BCUT2D eigenvalue weighted by atomic mass is 19.1. The maximum atomic E-state index is 13.7. The Labute approximate surface area is 190 Å². The summed E-state index contributed by atoms with van der Waals surface area (Å²) in [6.45, 7) is 3.38. The Morgan fingerprint density at radius 1 is 1.24 bits per heavy atom. The minimum Gasteiger partial charge on any atom is -0.368 e. The van der Waals surface area contributed by atoms with Crippen LogP contribution >= 0.6 is 0 Å². The van der Waals surface area contributed by atoms with E-state index in [0.29, 0.717) is 33.8 Å². The monoisotopic (exact) mass is 455 g/mol. The molecule has 0 bridgehead atoms. The summed E-state index contributed by atoms with van der Waals surface area (Å²) in [6, 6.07) is 2.99. The predicted molar refractivity (Wildman–Crippen MR) is 122 cm³/mol. The lowest BCUT2D eigenvalue weighted by Gasteiger charge is -2.17. The van der Waals surface area contributed by atoms with Crippen LogP contribution in [0.15, 0.2) is 18.2 Å². The fourth-order valence-electron chi connectivity index (χ4n) is 3.71. The number of hydrogen-bond donors (Lipinski definition) is 4. The van der Waals surface area contributed by atoms with Crippen LogP contribution in [0.2, 0.25) is 0 Å². The highest BCUT2D eigenvalue weighted by molar-refractivity contribution is 6.34. The van der Waals surface area contributed by atoms with E-state index < -0.39 is 23.7 Å². The summed E-state index contributed by atoms with van der Waals surface area (Å²) in [5, 5.41) is 5.27. The third-order valence-electron chi connectivity index (χ3n) is 5.55. The molecule has 1 aromatic carbocycles. The minimum atomic E-state index is -1.02. The van der Waals surface area contributed by atoms with Gasteiger partial charge >= 0.3 is 0 Å². The van der Waals surface area contributed by atoms with Crippen LogP contribution in [0.3, 0.4) is 0 Å². The molecule has 0 aliphatic carbocycles. The molecular weight excluding hydrogens is 429 g/mol. The summed E-state index contributed by atoms with van der Waals surface area (Å²) in [5.41, 5.74) is 8.46. The average molecular weight is 455 g/mol. The van der Waals surface area contributed by atoms with E-state index in [1.807, 2.05) is 0 Å². The molecule has 174 valence electrons. The Morgan fingerprint density at radius 3 is 2.58 bits per heavy atom. The van der Waals surface area contributed by atoms with Crippen LogP contribution in [0.5, 0.6) is 0 Å². The molecular formula is C23H26FN5O4. The van der Waals surface area contributed by atoms with Crippen molar-refractivity contribution in [2.75, 3.05) is 19.4 Å². The first-order valence-electron chi connectivity index (χ1n) is 10.3. The maximum absolute atomic E-state index is 13.7. The second-order valence-corrected chi connectivity index (χ2v) is 8.12. The number of hydrogen-bond acceptors (Lipinski definition) is 4. The lowest BCUT2D eigenvalue weighted by atomic mass is 10.0. The Hall–Kier alpha value is -3.95. The number of primary amides is 1. The van der Waals surface area contributed by atoms with E-state index in [0.717, 1.165) is 0 Å².